The van der Waals surface area contributed by atoms with Crippen LogP contribution in [0.15, 0.2) is 23.2 Å². The van der Waals surface area contributed by atoms with Gasteiger partial charge in [0.25, 0.3) is 0 Å². The van der Waals surface area contributed by atoms with Gasteiger partial charge in [0.05, 0.1) is 12.3 Å². The van der Waals surface area contributed by atoms with Crippen LogP contribution in [0.2, 0.25) is 10.0 Å². The topological polar surface area (TPSA) is 33.6 Å². The van der Waals surface area contributed by atoms with E-state index >= 15 is 0 Å². The lowest BCUT2D eigenvalue weighted by Gasteiger charge is -2.00. The predicted octanol–water partition coefficient (Wildman–Crippen LogP) is 3.97. The molecular formula is C11H14Cl2N2O. The second-order valence-corrected chi connectivity index (χ2v) is 4.08. The van der Waals surface area contributed by atoms with Crippen LogP contribution < -0.4 is 5.48 Å². The minimum atomic E-state index is 0.562. The molecule has 0 aliphatic rings. The molecule has 5 heteroatoms. The summed E-state index contributed by atoms with van der Waals surface area (Å²) in [5.74, 6) is 0. The summed E-state index contributed by atoms with van der Waals surface area (Å²) in [5, 5.41) is 1.12. The van der Waals surface area contributed by atoms with Crippen LogP contribution in [0.3, 0.4) is 0 Å². The van der Waals surface area contributed by atoms with Crippen LogP contribution in [0.4, 0.5) is 5.69 Å². The van der Waals surface area contributed by atoms with Crippen LogP contribution in [0.1, 0.15) is 19.8 Å². The van der Waals surface area contributed by atoms with E-state index < -0.39 is 0 Å². The number of nitrogens with zero attached hydrogens (tertiary/aromatic N) is 1. The van der Waals surface area contributed by atoms with Crippen molar-refractivity contribution < 1.29 is 4.84 Å². The first kappa shape index (κ1) is 13.3. The number of benzene rings is 1. The molecule has 0 amide bonds. The number of halogens is 2. The molecule has 0 unspecified atom stereocenters. The first-order valence-corrected chi connectivity index (χ1v) is 5.84. The number of unbranched alkanes of at least 4 members (excludes halogenated alkanes) is 1. The molecule has 0 atom stereocenters. The number of aliphatic imine (C=N–C) groups is 1. The molecule has 88 valence electrons. The third kappa shape index (κ3) is 5.35. The average molecular weight is 261 g/mol. The lowest BCUT2D eigenvalue weighted by Crippen LogP contribution is -2.12. The molecule has 0 aliphatic heterocycles. The van der Waals surface area contributed by atoms with Crippen molar-refractivity contribution in [2.45, 2.75) is 19.8 Å². The van der Waals surface area contributed by atoms with Gasteiger partial charge in [-0.05, 0) is 24.6 Å². The molecule has 1 N–H and O–H groups in total. The van der Waals surface area contributed by atoms with Gasteiger partial charge in [0.1, 0.15) is 6.34 Å². The van der Waals surface area contributed by atoms with Gasteiger partial charge in [0.2, 0.25) is 0 Å². The van der Waals surface area contributed by atoms with Crippen LogP contribution in [0.25, 0.3) is 0 Å². The molecule has 1 aromatic carbocycles. The van der Waals surface area contributed by atoms with Gasteiger partial charge < -0.3 is 0 Å². The van der Waals surface area contributed by atoms with E-state index in [1.54, 1.807) is 18.2 Å². The molecule has 0 fully saturated rings. The maximum absolute atomic E-state index is 5.82. The first-order chi connectivity index (χ1) is 7.72. The summed E-state index contributed by atoms with van der Waals surface area (Å²) >= 11 is 11.6. The Labute approximate surface area is 105 Å². The fourth-order valence-corrected chi connectivity index (χ4v) is 1.54. The molecule has 0 bridgehead atoms. The van der Waals surface area contributed by atoms with Crippen molar-refractivity contribution in [3.8, 4) is 0 Å². The second kappa shape index (κ2) is 7.49. The summed E-state index contributed by atoms with van der Waals surface area (Å²) in [6.45, 7) is 2.77. The van der Waals surface area contributed by atoms with E-state index in [2.05, 4.69) is 17.4 Å². The Balaban J connectivity index is 2.37. The average Bonchev–Trinajstić information content (AvgIpc) is 2.22. The molecule has 0 aliphatic carbocycles. The molecule has 0 radical (unpaired) electrons. The van der Waals surface area contributed by atoms with Crippen LogP contribution in [0.5, 0.6) is 0 Å². The quantitative estimate of drug-likeness (QED) is 0.364. The molecular weight excluding hydrogens is 247 g/mol. The van der Waals surface area contributed by atoms with Crippen molar-refractivity contribution in [3.63, 3.8) is 0 Å². The number of nitrogens with one attached hydrogen (secondary N) is 1. The molecule has 1 aromatic rings. The lowest BCUT2D eigenvalue weighted by molar-refractivity contribution is 0.0860. The third-order valence-electron chi connectivity index (χ3n) is 1.80. The van der Waals surface area contributed by atoms with Gasteiger partial charge in [-0.25, -0.2) is 4.99 Å². The fraction of sp³-hybridized carbons (Fsp3) is 0.364. The van der Waals surface area contributed by atoms with Crippen molar-refractivity contribution in [2.24, 2.45) is 4.99 Å². The van der Waals surface area contributed by atoms with Crippen molar-refractivity contribution >= 4 is 35.2 Å². The fourth-order valence-electron chi connectivity index (χ4n) is 1.03. The third-order valence-corrected chi connectivity index (χ3v) is 2.23. The number of rotatable bonds is 6. The number of hydroxylamine groups is 1. The summed E-state index contributed by atoms with van der Waals surface area (Å²) in [4.78, 5) is 9.19. The van der Waals surface area contributed by atoms with Crippen molar-refractivity contribution in [2.75, 3.05) is 6.61 Å². The van der Waals surface area contributed by atoms with Crippen molar-refractivity contribution in [1.82, 2.24) is 5.48 Å². The lowest BCUT2D eigenvalue weighted by atomic mass is 10.3. The zero-order valence-corrected chi connectivity index (χ0v) is 10.6. The molecule has 0 aromatic heterocycles. The summed E-state index contributed by atoms with van der Waals surface area (Å²) < 4.78 is 0. The van der Waals surface area contributed by atoms with Gasteiger partial charge in [0.15, 0.2) is 0 Å². The van der Waals surface area contributed by atoms with Gasteiger partial charge in [-0.2, -0.15) is 0 Å². The van der Waals surface area contributed by atoms with Gasteiger partial charge in [-0.15, -0.1) is 0 Å². The maximum Gasteiger partial charge on any atom is 0.113 e. The highest BCUT2D eigenvalue weighted by Gasteiger charge is 1.95. The van der Waals surface area contributed by atoms with E-state index in [0.29, 0.717) is 22.3 Å². The highest BCUT2D eigenvalue weighted by atomic mass is 35.5. The minimum Gasteiger partial charge on any atom is -0.275 e. The first-order valence-electron chi connectivity index (χ1n) is 5.08. The zero-order valence-electron chi connectivity index (χ0n) is 9.04. The molecule has 16 heavy (non-hydrogen) atoms. The van der Waals surface area contributed by atoms with E-state index in [-0.39, 0.29) is 0 Å². The van der Waals surface area contributed by atoms with E-state index in [1.807, 2.05) is 0 Å². The number of hydrogen-bond donors (Lipinski definition) is 1. The zero-order chi connectivity index (χ0) is 11.8. The predicted molar refractivity (Wildman–Crippen MR) is 68.6 cm³/mol. The smallest absolute Gasteiger partial charge is 0.113 e. The Bertz CT molecular complexity index is 336. The van der Waals surface area contributed by atoms with Gasteiger partial charge in [0, 0.05) is 10.0 Å². The highest BCUT2D eigenvalue weighted by molar-refractivity contribution is 6.35. The van der Waals surface area contributed by atoms with E-state index in [0.717, 1.165) is 12.8 Å². The second-order valence-electron chi connectivity index (χ2n) is 3.21. The van der Waals surface area contributed by atoms with Crippen LogP contribution >= 0.6 is 23.2 Å². The van der Waals surface area contributed by atoms with E-state index in [4.69, 9.17) is 28.0 Å². The summed E-state index contributed by atoms with van der Waals surface area (Å²) in [7, 11) is 0. The van der Waals surface area contributed by atoms with Crippen LogP contribution in [0, 0.1) is 0 Å². The molecule has 0 heterocycles. The van der Waals surface area contributed by atoms with Crippen molar-refractivity contribution in [1.29, 1.82) is 0 Å². The normalized spacial score (nSPS) is 10.9. The van der Waals surface area contributed by atoms with Gasteiger partial charge in [-0.3, -0.25) is 10.3 Å². The SMILES string of the molecule is CCCCONC=Nc1cc(Cl)cc(Cl)c1. The van der Waals surface area contributed by atoms with E-state index in [1.165, 1.54) is 6.34 Å². The maximum atomic E-state index is 5.82. The molecule has 1 rings (SSSR count). The summed E-state index contributed by atoms with van der Waals surface area (Å²) in [5.41, 5.74) is 3.31. The summed E-state index contributed by atoms with van der Waals surface area (Å²) in [6, 6.07) is 5.10. The molecule has 0 saturated carbocycles. The molecule has 3 nitrogen and oxygen atoms in total. The van der Waals surface area contributed by atoms with Gasteiger partial charge in [-0.1, -0.05) is 36.5 Å². The molecule has 0 saturated heterocycles. The Kier molecular flexibility index (Phi) is 6.23. The monoisotopic (exact) mass is 260 g/mol. The number of hydrogen-bond acceptors (Lipinski definition) is 2. The largest absolute Gasteiger partial charge is 0.275 e. The Morgan fingerprint density at radius 2 is 2.00 bits per heavy atom. The highest BCUT2D eigenvalue weighted by Crippen LogP contribution is 2.23. The van der Waals surface area contributed by atoms with Crippen LogP contribution in [-0.4, -0.2) is 12.9 Å². The summed E-state index contributed by atoms with van der Waals surface area (Å²) in [6.07, 6.45) is 3.59. The van der Waals surface area contributed by atoms with Gasteiger partial charge >= 0.3 is 0 Å². The Hall–Kier alpha value is -0.770. The van der Waals surface area contributed by atoms with E-state index in [9.17, 15) is 0 Å². The molecule has 0 spiro atoms. The standard InChI is InChI=1S/C11H14Cl2N2O/c1-2-3-4-16-15-8-14-11-6-9(12)5-10(13)7-11/h5-8H,2-4H2,1H3,(H,14,15). The van der Waals surface area contributed by atoms with Crippen LogP contribution in [-0.2, 0) is 4.84 Å². The minimum absolute atomic E-state index is 0.562. The Morgan fingerprint density at radius 1 is 1.31 bits per heavy atom. The Morgan fingerprint density at radius 3 is 2.62 bits per heavy atom. The van der Waals surface area contributed by atoms with Crippen molar-refractivity contribution in [3.05, 3.63) is 28.2 Å².